The Morgan fingerprint density at radius 2 is 2.38 bits per heavy atom. The predicted molar refractivity (Wildman–Crippen MR) is 51.3 cm³/mol. The van der Waals surface area contributed by atoms with Gasteiger partial charge in [-0.05, 0) is 32.2 Å². The number of hydrogen-bond acceptors (Lipinski definition) is 3. The molecule has 1 N–H and O–H groups in total. The SMILES string of the molecule is N#CCCCNCC1CCCCO1. The molecule has 0 aromatic carbocycles. The monoisotopic (exact) mass is 182 g/mol. The van der Waals surface area contributed by atoms with Crippen molar-refractivity contribution in [3.05, 3.63) is 0 Å². The molecule has 0 radical (unpaired) electrons. The van der Waals surface area contributed by atoms with Gasteiger partial charge in [-0.1, -0.05) is 0 Å². The van der Waals surface area contributed by atoms with Crippen molar-refractivity contribution in [2.24, 2.45) is 0 Å². The molecule has 13 heavy (non-hydrogen) atoms. The van der Waals surface area contributed by atoms with Gasteiger partial charge in [0.2, 0.25) is 0 Å². The van der Waals surface area contributed by atoms with Crippen molar-refractivity contribution < 1.29 is 4.74 Å². The number of unbranched alkanes of at least 4 members (excludes halogenated alkanes) is 1. The number of nitrogens with one attached hydrogen (secondary N) is 1. The molecule has 1 rings (SSSR count). The van der Waals surface area contributed by atoms with Crippen molar-refractivity contribution in [2.45, 2.75) is 38.2 Å². The summed E-state index contributed by atoms with van der Waals surface area (Å²) >= 11 is 0. The molecule has 0 aromatic rings. The second kappa shape index (κ2) is 6.88. The number of hydrogen-bond donors (Lipinski definition) is 1. The van der Waals surface area contributed by atoms with Crippen LogP contribution in [0.1, 0.15) is 32.1 Å². The minimum atomic E-state index is 0.413. The van der Waals surface area contributed by atoms with E-state index in [4.69, 9.17) is 10.00 Å². The summed E-state index contributed by atoms with van der Waals surface area (Å²) in [6.45, 7) is 2.81. The number of nitrogens with zero attached hydrogens (tertiary/aromatic N) is 1. The number of ether oxygens (including phenoxy) is 1. The second-order valence-electron chi connectivity index (χ2n) is 3.45. The van der Waals surface area contributed by atoms with Crippen LogP contribution in [-0.2, 0) is 4.74 Å². The van der Waals surface area contributed by atoms with Crippen LogP contribution >= 0.6 is 0 Å². The van der Waals surface area contributed by atoms with Crippen molar-refractivity contribution in [2.75, 3.05) is 19.7 Å². The third-order valence-corrected chi connectivity index (χ3v) is 2.29. The Bertz CT molecular complexity index is 159. The van der Waals surface area contributed by atoms with Crippen LogP contribution in [0.2, 0.25) is 0 Å². The minimum Gasteiger partial charge on any atom is -0.377 e. The van der Waals surface area contributed by atoms with Gasteiger partial charge in [0.25, 0.3) is 0 Å². The van der Waals surface area contributed by atoms with Crippen LogP contribution in [0.25, 0.3) is 0 Å². The van der Waals surface area contributed by atoms with Crippen molar-refractivity contribution in [3.63, 3.8) is 0 Å². The largest absolute Gasteiger partial charge is 0.377 e. The molecule has 0 bridgehead atoms. The van der Waals surface area contributed by atoms with Gasteiger partial charge in [0, 0.05) is 19.6 Å². The molecule has 3 heteroatoms. The molecule has 1 unspecified atom stereocenters. The molecule has 1 aliphatic heterocycles. The Labute approximate surface area is 80.1 Å². The molecule has 1 aliphatic rings. The lowest BCUT2D eigenvalue weighted by atomic mass is 10.1. The third-order valence-electron chi connectivity index (χ3n) is 2.29. The molecule has 1 saturated heterocycles. The zero-order valence-electron chi connectivity index (χ0n) is 8.09. The van der Waals surface area contributed by atoms with Gasteiger partial charge in [-0.15, -0.1) is 0 Å². The maximum atomic E-state index is 8.31. The Hall–Kier alpha value is -0.590. The van der Waals surface area contributed by atoms with Crippen molar-refractivity contribution >= 4 is 0 Å². The summed E-state index contributed by atoms with van der Waals surface area (Å²) < 4.78 is 5.56. The zero-order valence-corrected chi connectivity index (χ0v) is 8.09. The minimum absolute atomic E-state index is 0.413. The summed E-state index contributed by atoms with van der Waals surface area (Å²) in [7, 11) is 0. The first-order chi connectivity index (χ1) is 6.43. The van der Waals surface area contributed by atoms with Crippen molar-refractivity contribution in [1.82, 2.24) is 5.32 Å². The van der Waals surface area contributed by atoms with Crippen LogP contribution in [0.15, 0.2) is 0 Å². The molecule has 0 saturated carbocycles. The summed E-state index contributed by atoms with van der Waals surface area (Å²) in [6.07, 6.45) is 5.71. The first kappa shape index (κ1) is 10.5. The molecule has 0 spiro atoms. The lowest BCUT2D eigenvalue weighted by Crippen LogP contribution is -2.32. The predicted octanol–water partition coefficient (Wildman–Crippen LogP) is 1.45. The van der Waals surface area contributed by atoms with E-state index in [-0.39, 0.29) is 0 Å². The highest BCUT2D eigenvalue weighted by molar-refractivity contribution is 4.70. The molecule has 74 valence electrons. The Kier molecular flexibility index (Phi) is 5.55. The fourth-order valence-corrected chi connectivity index (χ4v) is 1.52. The smallest absolute Gasteiger partial charge is 0.0699 e. The molecule has 0 amide bonds. The summed E-state index contributed by atoms with van der Waals surface area (Å²) in [5.74, 6) is 0. The summed E-state index contributed by atoms with van der Waals surface area (Å²) in [5.41, 5.74) is 0. The fraction of sp³-hybridized carbons (Fsp3) is 0.900. The average molecular weight is 182 g/mol. The van der Waals surface area contributed by atoms with Gasteiger partial charge in [0.05, 0.1) is 12.2 Å². The van der Waals surface area contributed by atoms with Gasteiger partial charge in [0.1, 0.15) is 0 Å². The Morgan fingerprint density at radius 1 is 1.46 bits per heavy atom. The first-order valence-electron chi connectivity index (χ1n) is 5.13. The molecule has 1 fully saturated rings. The van der Waals surface area contributed by atoms with Gasteiger partial charge in [-0.25, -0.2) is 0 Å². The van der Waals surface area contributed by atoms with Crippen LogP contribution in [0.3, 0.4) is 0 Å². The van der Waals surface area contributed by atoms with E-state index < -0.39 is 0 Å². The lowest BCUT2D eigenvalue weighted by Gasteiger charge is -2.22. The van der Waals surface area contributed by atoms with E-state index in [2.05, 4.69) is 11.4 Å². The van der Waals surface area contributed by atoms with Gasteiger partial charge in [0.15, 0.2) is 0 Å². The van der Waals surface area contributed by atoms with Crippen LogP contribution in [0.4, 0.5) is 0 Å². The van der Waals surface area contributed by atoms with Crippen LogP contribution in [0.5, 0.6) is 0 Å². The number of rotatable bonds is 5. The van der Waals surface area contributed by atoms with E-state index in [1.54, 1.807) is 0 Å². The van der Waals surface area contributed by atoms with E-state index in [1.807, 2.05) is 0 Å². The number of nitriles is 1. The third kappa shape index (κ3) is 4.87. The molecule has 0 aromatic heterocycles. The molecular formula is C10H18N2O. The second-order valence-corrected chi connectivity index (χ2v) is 3.45. The highest BCUT2D eigenvalue weighted by atomic mass is 16.5. The summed E-state index contributed by atoms with van der Waals surface area (Å²) in [6, 6.07) is 2.13. The first-order valence-corrected chi connectivity index (χ1v) is 5.13. The quantitative estimate of drug-likeness (QED) is 0.654. The Morgan fingerprint density at radius 3 is 3.08 bits per heavy atom. The maximum Gasteiger partial charge on any atom is 0.0699 e. The molecule has 3 nitrogen and oxygen atoms in total. The van der Waals surface area contributed by atoms with Gasteiger partial charge in [-0.3, -0.25) is 0 Å². The van der Waals surface area contributed by atoms with E-state index >= 15 is 0 Å². The van der Waals surface area contributed by atoms with Gasteiger partial charge < -0.3 is 10.1 Å². The highest BCUT2D eigenvalue weighted by Crippen LogP contribution is 2.11. The summed E-state index contributed by atoms with van der Waals surface area (Å²) in [5, 5.41) is 11.6. The average Bonchev–Trinajstić information content (AvgIpc) is 2.19. The lowest BCUT2D eigenvalue weighted by molar-refractivity contribution is 0.0170. The molecular weight excluding hydrogens is 164 g/mol. The van der Waals surface area contributed by atoms with Crippen molar-refractivity contribution in [1.29, 1.82) is 5.26 Å². The maximum absolute atomic E-state index is 8.31. The standard InChI is InChI=1S/C10H18N2O/c11-6-2-3-7-12-9-10-5-1-4-8-13-10/h10,12H,1-5,7-9H2. The van der Waals surface area contributed by atoms with Crippen molar-refractivity contribution in [3.8, 4) is 6.07 Å². The molecule has 1 heterocycles. The normalized spacial score (nSPS) is 22.5. The zero-order chi connectivity index (χ0) is 9.36. The van der Waals surface area contributed by atoms with Gasteiger partial charge in [-0.2, -0.15) is 5.26 Å². The van der Waals surface area contributed by atoms with Crippen LogP contribution < -0.4 is 5.32 Å². The van der Waals surface area contributed by atoms with Crippen LogP contribution in [-0.4, -0.2) is 25.8 Å². The van der Waals surface area contributed by atoms with E-state index in [1.165, 1.54) is 19.3 Å². The molecule has 0 aliphatic carbocycles. The highest BCUT2D eigenvalue weighted by Gasteiger charge is 2.12. The van der Waals surface area contributed by atoms with E-state index in [9.17, 15) is 0 Å². The Balaban J connectivity index is 1.90. The van der Waals surface area contributed by atoms with Gasteiger partial charge >= 0.3 is 0 Å². The van der Waals surface area contributed by atoms with E-state index in [0.717, 1.165) is 26.1 Å². The molecule has 1 atom stereocenters. The topological polar surface area (TPSA) is 45.0 Å². The van der Waals surface area contributed by atoms with E-state index in [0.29, 0.717) is 12.5 Å². The summed E-state index contributed by atoms with van der Waals surface area (Å²) in [4.78, 5) is 0. The fourth-order valence-electron chi connectivity index (χ4n) is 1.52. The van der Waals surface area contributed by atoms with Crippen LogP contribution in [0, 0.1) is 11.3 Å².